The molecule has 0 radical (unpaired) electrons. The molecule has 0 fully saturated rings. The minimum Gasteiger partial charge on any atom is -0.383 e. The van der Waals surface area contributed by atoms with Gasteiger partial charge in [0.2, 0.25) is 0 Å². The zero-order chi connectivity index (χ0) is 9.42. The van der Waals surface area contributed by atoms with Crippen molar-refractivity contribution in [3.05, 3.63) is 29.6 Å². The maximum atomic E-state index is 12.7. The van der Waals surface area contributed by atoms with Crippen molar-refractivity contribution < 1.29 is 14.3 Å². The molecule has 1 aliphatic heterocycles. The van der Waals surface area contributed by atoms with E-state index < -0.39 is 12.0 Å². The maximum Gasteiger partial charge on any atom is 0.253 e. The molecular weight excluding hydrogens is 173 g/mol. The van der Waals surface area contributed by atoms with Crippen LogP contribution >= 0.6 is 0 Å². The highest BCUT2D eigenvalue weighted by molar-refractivity contribution is 5.97. The number of benzene rings is 1. The molecule has 0 aliphatic carbocycles. The van der Waals surface area contributed by atoms with Gasteiger partial charge in [0.05, 0.1) is 0 Å². The van der Waals surface area contributed by atoms with Crippen LogP contribution in [0.2, 0.25) is 0 Å². The quantitative estimate of drug-likeness (QED) is 0.618. The molecule has 1 aliphatic rings. The zero-order valence-corrected chi connectivity index (χ0v) is 6.75. The van der Waals surface area contributed by atoms with Crippen molar-refractivity contribution in [2.24, 2.45) is 0 Å². The average Bonchev–Trinajstić information content (AvgIpc) is 2.08. The largest absolute Gasteiger partial charge is 0.383 e. The van der Waals surface area contributed by atoms with Gasteiger partial charge in [0.1, 0.15) is 11.9 Å². The van der Waals surface area contributed by atoms with E-state index in [1.807, 2.05) is 0 Å². The molecular formula is C9H8FNO2. The number of hydrogen-bond acceptors (Lipinski definition) is 2. The first-order valence-corrected chi connectivity index (χ1v) is 3.94. The highest BCUT2D eigenvalue weighted by atomic mass is 19.1. The summed E-state index contributed by atoms with van der Waals surface area (Å²) in [5, 5.41) is 11.7. The van der Waals surface area contributed by atoms with Crippen LogP contribution in [0.3, 0.4) is 0 Å². The van der Waals surface area contributed by atoms with E-state index in [2.05, 4.69) is 5.32 Å². The van der Waals surface area contributed by atoms with Gasteiger partial charge in [-0.2, -0.15) is 0 Å². The second-order valence-corrected chi connectivity index (χ2v) is 3.01. The molecule has 1 atom stereocenters. The number of hydrogen-bond donors (Lipinski definition) is 2. The number of anilines is 1. The van der Waals surface area contributed by atoms with Gasteiger partial charge in [-0.1, -0.05) is 0 Å². The van der Waals surface area contributed by atoms with Gasteiger partial charge in [-0.3, -0.25) is 4.79 Å². The number of carbonyl (C=O) groups excluding carboxylic acids is 1. The van der Waals surface area contributed by atoms with Gasteiger partial charge in [0, 0.05) is 12.1 Å². The van der Waals surface area contributed by atoms with Crippen LogP contribution in [0.4, 0.5) is 10.1 Å². The van der Waals surface area contributed by atoms with E-state index in [0.717, 1.165) is 0 Å². The number of rotatable bonds is 0. The Morgan fingerprint density at radius 1 is 1.54 bits per heavy atom. The topological polar surface area (TPSA) is 49.3 Å². The van der Waals surface area contributed by atoms with Crippen LogP contribution in [0.15, 0.2) is 18.2 Å². The molecule has 1 aromatic carbocycles. The van der Waals surface area contributed by atoms with Gasteiger partial charge in [-0.05, 0) is 23.8 Å². The van der Waals surface area contributed by atoms with E-state index >= 15 is 0 Å². The van der Waals surface area contributed by atoms with Crippen molar-refractivity contribution in [1.29, 1.82) is 0 Å². The fraction of sp³-hybridized carbons (Fsp3) is 0.222. The summed E-state index contributed by atoms with van der Waals surface area (Å²) in [5.41, 5.74) is 1.21. The van der Waals surface area contributed by atoms with Crippen LogP contribution < -0.4 is 5.32 Å². The van der Waals surface area contributed by atoms with Gasteiger partial charge in [0.25, 0.3) is 5.91 Å². The minimum absolute atomic E-state index is 0.179. The summed E-state index contributed by atoms with van der Waals surface area (Å²) in [7, 11) is 0. The average molecular weight is 181 g/mol. The zero-order valence-electron chi connectivity index (χ0n) is 6.75. The third kappa shape index (κ3) is 1.40. The van der Waals surface area contributed by atoms with E-state index in [1.165, 1.54) is 18.2 Å². The van der Waals surface area contributed by atoms with Gasteiger partial charge in [-0.25, -0.2) is 4.39 Å². The van der Waals surface area contributed by atoms with E-state index in [0.29, 0.717) is 11.3 Å². The molecule has 2 rings (SSSR count). The number of halogens is 1. The highest BCUT2D eigenvalue weighted by Crippen LogP contribution is 2.22. The van der Waals surface area contributed by atoms with E-state index in [-0.39, 0.29) is 12.2 Å². The smallest absolute Gasteiger partial charge is 0.253 e. The van der Waals surface area contributed by atoms with Crippen LogP contribution in [0, 0.1) is 5.82 Å². The van der Waals surface area contributed by atoms with Crippen LogP contribution in [0.25, 0.3) is 0 Å². The van der Waals surface area contributed by atoms with Crippen molar-refractivity contribution in [1.82, 2.24) is 0 Å². The molecule has 1 aromatic rings. The fourth-order valence-electron chi connectivity index (χ4n) is 1.37. The summed E-state index contributed by atoms with van der Waals surface area (Å²) >= 11 is 0. The van der Waals surface area contributed by atoms with Crippen LogP contribution in [0.1, 0.15) is 5.56 Å². The Hall–Kier alpha value is -1.42. The Bertz CT molecular complexity index is 365. The molecule has 1 unspecified atom stereocenters. The van der Waals surface area contributed by atoms with Crippen molar-refractivity contribution in [3.63, 3.8) is 0 Å². The number of aliphatic hydroxyl groups excluding tert-OH is 1. The summed E-state index contributed by atoms with van der Waals surface area (Å²) < 4.78 is 12.7. The molecule has 13 heavy (non-hydrogen) atoms. The molecule has 2 N–H and O–H groups in total. The first kappa shape index (κ1) is 8.19. The Morgan fingerprint density at radius 3 is 3.08 bits per heavy atom. The van der Waals surface area contributed by atoms with Crippen LogP contribution in [-0.4, -0.2) is 17.1 Å². The van der Waals surface area contributed by atoms with E-state index in [4.69, 9.17) is 0 Å². The summed E-state index contributed by atoms with van der Waals surface area (Å²) in [4.78, 5) is 11.0. The molecule has 1 amide bonds. The van der Waals surface area contributed by atoms with E-state index in [1.54, 1.807) is 0 Å². The molecule has 4 heteroatoms. The Kier molecular flexibility index (Phi) is 1.77. The third-order valence-electron chi connectivity index (χ3n) is 2.04. The number of aliphatic hydroxyl groups is 1. The normalized spacial score (nSPS) is 20.8. The molecule has 0 saturated heterocycles. The second-order valence-electron chi connectivity index (χ2n) is 3.01. The first-order valence-electron chi connectivity index (χ1n) is 3.94. The van der Waals surface area contributed by atoms with Crippen molar-refractivity contribution in [2.45, 2.75) is 12.5 Å². The molecule has 3 nitrogen and oxygen atoms in total. The second kappa shape index (κ2) is 2.81. The summed E-state index contributed by atoms with van der Waals surface area (Å²) in [6, 6.07) is 4.09. The Labute approximate surface area is 74.2 Å². The van der Waals surface area contributed by atoms with Gasteiger partial charge >= 0.3 is 0 Å². The van der Waals surface area contributed by atoms with Crippen molar-refractivity contribution in [2.75, 3.05) is 5.32 Å². The lowest BCUT2D eigenvalue weighted by atomic mass is 10.0. The van der Waals surface area contributed by atoms with Gasteiger partial charge < -0.3 is 10.4 Å². The molecule has 0 aromatic heterocycles. The predicted molar refractivity (Wildman–Crippen MR) is 44.7 cm³/mol. The van der Waals surface area contributed by atoms with Crippen molar-refractivity contribution >= 4 is 11.6 Å². The Balaban J connectivity index is 2.42. The summed E-state index contributed by atoms with van der Waals surface area (Å²) in [6.07, 6.45) is -0.881. The highest BCUT2D eigenvalue weighted by Gasteiger charge is 2.23. The third-order valence-corrected chi connectivity index (χ3v) is 2.04. The summed E-state index contributed by atoms with van der Waals surface area (Å²) in [6.45, 7) is 0. The SMILES string of the molecule is O=C1Nc2ccc(F)cc2CC1O. The first-order chi connectivity index (χ1) is 6.16. The van der Waals surface area contributed by atoms with Crippen molar-refractivity contribution in [3.8, 4) is 0 Å². The van der Waals surface area contributed by atoms with Gasteiger partial charge in [0.15, 0.2) is 0 Å². The predicted octanol–water partition coefficient (Wildman–Crippen LogP) is 0.681. The number of nitrogens with one attached hydrogen (secondary N) is 1. The molecule has 0 spiro atoms. The summed E-state index contributed by atoms with van der Waals surface area (Å²) in [5.74, 6) is -0.791. The lowest BCUT2D eigenvalue weighted by Crippen LogP contribution is -2.34. The Morgan fingerprint density at radius 2 is 2.31 bits per heavy atom. The molecule has 1 heterocycles. The number of carbonyl (C=O) groups is 1. The standard InChI is InChI=1S/C9H8FNO2/c10-6-1-2-7-5(3-6)4-8(12)9(13)11-7/h1-3,8,12H,4H2,(H,11,13). The number of fused-ring (bicyclic) bond motifs is 1. The maximum absolute atomic E-state index is 12.7. The molecule has 68 valence electrons. The lowest BCUT2D eigenvalue weighted by Gasteiger charge is -2.20. The van der Waals surface area contributed by atoms with Crippen LogP contribution in [0.5, 0.6) is 0 Å². The minimum atomic E-state index is -1.06. The monoisotopic (exact) mass is 181 g/mol. The fourth-order valence-corrected chi connectivity index (χ4v) is 1.37. The van der Waals surface area contributed by atoms with Crippen LogP contribution in [-0.2, 0) is 11.2 Å². The lowest BCUT2D eigenvalue weighted by molar-refractivity contribution is -0.124. The van der Waals surface area contributed by atoms with Gasteiger partial charge in [-0.15, -0.1) is 0 Å². The van der Waals surface area contributed by atoms with E-state index in [9.17, 15) is 14.3 Å². The molecule has 0 bridgehead atoms. The molecule has 0 saturated carbocycles. The number of amides is 1.